The summed E-state index contributed by atoms with van der Waals surface area (Å²) in [5, 5.41) is 18.3. The van der Waals surface area contributed by atoms with E-state index in [1.807, 2.05) is 0 Å². The number of aromatic hydroxyl groups is 2. The van der Waals surface area contributed by atoms with Crippen LogP contribution in [0.15, 0.2) is 48.5 Å². The maximum Gasteiger partial charge on any atom is 0.311 e. The minimum atomic E-state index is -0.350. The van der Waals surface area contributed by atoms with Gasteiger partial charge in [-0.1, -0.05) is 6.42 Å². The van der Waals surface area contributed by atoms with E-state index in [-0.39, 0.29) is 36.3 Å². The average Bonchev–Trinajstić information content (AvgIpc) is 2.59. The summed E-state index contributed by atoms with van der Waals surface area (Å²) >= 11 is 0. The highest BCUT2D eigenvalue weighted by Gasteiger charge is 2.07. The second-order valence-electron chi connectivity index (χ2n) is 5.50. The largest absolute Gasteiger partial charge is 0.508 e. The summed E-state index contributed by atoms with van der Waals surface area (Å²) in [4.78, 5) is 23.3. The predicted octanol–water partition coefficient (Wildman–Crippen LogP) is 3.56. The molecule has 0 aliphatic carbocycles. The molecule has 2 aromatic carbocycles. The van der Waals surface area contributed by atoms with E-state index < -0.39 is 0 Å². The third kappa shape index (κ3) is 6.95. The lowest BCUT2D eigenvalue weighted by Crippen LogP contribution is -2.09. The monoisotopic (exact) mass is 344 g/mol. The van der Waals surface area contributed by atoms with Crippen LogP contribution in [0.1, 0.15) is 32.1 Å². The van der Waals surface area contributed by atoms with Crippen LogP contribution in [0.5, 0.6) is 23.0 Å². The average molecular weight is 344 g/mol. The molecule has 6 nitrogen and oxygen atoms in total. The fourth-order valence-corrected chi connectivity index (χ4v) is 2.11. The Balaban J connectivity index is 1.57. The van der Waals surface area contributed by atoms with Crippen LogP contribution in [0.2, 0.25) is 0 Å². The highest BCUT2D eigenvalue weighted by atomic mass is 16.5. The van der Waals surface area contributed by atoms with Crippen LogP contribution in [0, 0.1) is 0 Å². The van der Waals surface area contributed by atoms with Crippen LogP contribution >= 0.6 is 0 Å². The van der Waals surface area contributed by atoms with Gasteiger partial charge in [-0.15, -0.1) is 0 Å². The van der Waals surface area contributed by atoms with E-state index in [0.717, 1.165) is 0 Å². The Morgan fingerprint density at radius 1 is 0.640 bits per heavy atom. The smallest absolute Gasteiger partial charge is 0.311 e. The zero-order chi connectivity index (χ0) is 18.1. The van der Waals surface area contributed by atoms with Crippen molar-refractivity contribution in [1.29, 1.82) is 0 Å². The van der Waals surface area contributed by atoms with E-state index >= 15 is 0 Å². The molecule has 2 rings (SSSR count). The number of carbonyl (C=O) groups is 2. The second kappa shape index (κ2) is 9.32. The van der Waals surface area contributed by atoms with Gasteiger partial charge in [0.25, 0.3) is 0 Å². The molecule has 0 saturated carbocycles. The molecule has 0 aliphatic heterocycles. The van der Waals surface area contributed by atoms with Crippen LogP contribution in [0.3, 0.4) is 0 Å². The van der Waals surface area contributed by atoms with Crippen molar-refractivity contribution in [2.24, 2.45) is 0 Å². The molecule has 0 fully saturated rings. The van der Waals surface area contributed by atoms with Crippen molar-refractivity contribution < 1.29 is 29.3 Å². The summed E-state index contributed by atoms with van der Waals surface area (Å²) in [7, 11) is 0. The molecule has 0 aliphatic rings. The van der Waals surface area contributed by atoms with E-state index in [9.17, 15) is 9.59 Å². The summed E-state index contributed by atoms with van der Waals surface area (Å²) in [6, 6.07) is 11.9. The van der Waals surface area contributed by atoms with Crippen molar-refractivity contribution in [2.75, 3.05) is 0 Å². The van der Waals surface area contributed by atoms with Gasteiger partial charge >= 0.3 is 11.9 Å². The quantitative estimate of drug-likeness (QED) is 0.432. The van der Waals surface area contributed by atoms with Gasteiger partial charge in [0, 0.05) is 12.8 Å². The molecule has 0 bridgehead atoms. The highest BCUT2D eigenvalue weighted by molar-refractivity contribution is 5.73. The third-order valence-electron chi connectivity index (χ3n) is 3.40. The first-order valence-corrected chi connectivity index (χ1v) is 8.02. The number of benzene rings is 2. The first-order chi connectivity index (χ1) is 12.0. The van der Waals surface area contributed by atoms with Crippen molar-refractivity contribution >= 4 is 11.9 Å². The van der Waals surface area contributed by atoms with E-state index in [4.69, 9.17) is 19.7 Å². The first-order valence-electron chi connectivity index (χ1n) is 8.02. The van der Waals surface area contributed by atoms with Crippen molar-refractivity contribution in [1.82, 2.24) is 0 Å². The Bertz CT molecular complexity index is 629. The van der Waals surface area contributed by atoms with Crippen LogP contribution in [-0.4, -0.2) is 22.2 Å². The van der Waals surface area contributed by atoms with Crippen molar-refractivity contribution in [3.05, 3.63) is 48.5 Å². The van der Waals surface area contributed by atoms with Crippen LogP contribution < -0.4 is 9.47 Å². The van der Waals surface area contributed by atoms with Crippen LogP contribution in [0.4, 0.5) is 0 Å². The van der Waals surface area contributed by atoms with Crippen LogP contribution in [0.25, 0.3) is 0 Å². The summed E-state index contributed by atoms with van der Waals surface area (Å²) in [5.41, 5.74) is 0. The van der Waals surface area contributed by atoms with Gasteiger partial charge in [-0.3, -0.25) is 9.59 Å². The van der Waals surface area contributed by atoms with E-state index in [0.29, 0.717) is 30.8 Å². The molecular formula is C19H20O6. The third-order valence-corrected chi connectivity index (χ3v) is 3.40. The van der Waals surface area contributed by atoms with Crippen molar-refractivity contribution in [2.45, 2.75) is 32.1 Å². The van der Waals surface area contributed by atoms with E-state index in [1.54, 1.807) is 0 Å². The van der Waals surface area contributed by atoms with Crippen molar-refractivity contribution in [3.63, 3.8) is 0 Å². The molecule has 0 atom stereocenters. The molecule has 2 N–H and O–H groups in total. The molecular weight excluding hydrogens is 324 g/mol. The molecule has 0 unspecified atom stereocenters. The number of phenols is 2. The Labute approximate surface area is 145 Å². The molecule has 0 heterocycles. The fourth-order valence-electron chi connectivity index (χ4n) is 2.11. The lowest BCUT2D eigenvalue weighted by molar-refractivity contribution is -0.134. The second-order valence-corrected chi connectivity index (χ2v) is 5.50. The number of unbranched alkanes of at least 4 members (excludes halogenated alkanes) is 2. The zero-order valence-electron chi connectivity index (χ0n) is 13.7. The molecule has 2 aromatic rings. The van der Waals surface area contributed by atoms with Gasteiger partial charge in [0.05, 0.1) is 0 Å². The normalized spacial score (nSPS) is 10.2. The molecule has 132 valence electrons. The molecule has 0 saturated heterocycles. The molecule has 6 heteroatoms. The van der Waals surface area contributed by atoms with Gasteiger partial charge in [0.15, 0.2) is 0 Å². The van der Waals surface area contributed by atoms with E-state index in [1.165, 1.54) is 48.5 Å². The Morgan fingerprint density at radius 2 is 1.00 bits per heavy atom. The number of hydrogen-bond donors (Lipinski definition) is 2. The first kappa shape index (κ1) is 18.3. The topological polar surface area (TPSA) is 93.1 Å². The number of esters is 2. The van der Waals surface area contributed by atoms with E-state index in [2.05, 4.69) is 0 Å². The molecule has 0 aromatic heterocycles. The summed E-state index contributed by atoms with van der Waals surface area (Å²) in [5.74, 6) is 0.299. The minimum Gasteiger partial charge on any atom is -0.508 e. The summed E-state index contributed by atoms with van der Waals surface area (Å²) < 4.78 is 10.2. The van der Waals surface area contributed by atoms with Gasteiger partial charge in [-0.25, -0.2) is 0 Å². The molecule has 25 heavy (non-hydrogen) atoms. The fraction of sp³-hybridized carbons (Fsp3) is 0.263. The Morgan fingerprint density at radius 3 is 1.36 bits per heavy atom. The maximum absolute atomic E-state index is 11.7. The number of ether oxygens (including phenoxy) is 2. The van der Waals surface area contributed by atoms with Crippen LogP contribution in [-0.2, 0) is 9.59 Å². The maximum atomic E-state index is 11.7. The lowest BCUT2D eigenvalue weighted by atomic mass is 10.1. The zero-order valence-corrected chi connectivity index (χ0v) is 13.7. The SMILES string of the molecule is O=C(CCCCCC(=O)Oc1ccc(O)cc1)Oc1ccc(O)cc1. The molecule has 0 amide bonds. The highest BCUT2D eigenvalue weighted by Crippen LogP contribution is 2.18. The van der Waals surface area contributed by atoms with Gasteiger partial charge in [0.2, 0.25) is 0 Å². The summed E-state index contributed by atoms with van der Waals surface area (Å²) in [6.45, 7) is 0. The van der Waals surface area contributed by atoms with Gasteiger partial charge in [0.1, 0.15) is 23.0 Å². The minimum absolute atomic E-state index is 0.110. The predicted molar refractivity (Wildman–Crippen MR) is 90.6 cm³/mol. The van der Waals surface area contributed by atoms with Gasteiger partial charge in [-0.05, 0) is 61.4 Å². The van der Waals surface area contributed by atoms with Gasteiger partial charge in [-0.2, -0.15) is 0 Å². The Kier molecular flexibility index (Phi) is 6.83. The lowest BCUT2D eigenvalue weighted by Gasteiger charge is -2.05. The number of carbonyl (C=O) groups excluding carboxylic acids is 2. The molecule has 0 spiro atoms. The number of phenolic OH excluding ortho intramolecular Hbond substituents is 2. The van der Waals surface area contributed by atoms with Gasteiger partial charge < -0.3 is 19.7 Å². The Hall–Kier alpha value is -3.02. The van der Waals surface area contributed by atoms with Crippen molar-refractivity contribution in [3.8, 4) is 23.0 Å². The molecule has 0 radical (unpaired) electrons. The number of rotatable bonds is 8. The number of hydrogen-bond acceptors (Lipinski definition) is 6. The summed E-state index contributed by atoms with van der Waals surface area (Å²) in [6.07, 6.45) is 2.45. The standard InChI is InChI=1S/C19H20O6/c20-14-6-10-16(11-7-14)24-18(22)4-2-1-3-5-19(23)25-17-12-8-15(21)9-13-17/h6-13,20-21H,1-5H2.